The van der Waals surface area contributed by atoms with E-state index in [4.69, 9.17) is 14.2 Å². The van der Waals surface area contributed by atoms with Gasteiger partial charge in [-0.1, -0.05) is 0 Å². The number of aliphatic hydroxyl groups excluding tert-OH is 1. The van der Waals surface area contributed by atoms with Crippen LogP contribution in [0.3, 0.4) is 0 Å². The normalized spacial score (nSPS) is 21.9. The Morgan fingerprint density at radius 3 is 2.45 bits per heavy atom. The monoisotopic (exact) mass is 285 g/mol. The van der Waals surface area contributed by atoms with Gasteiger partial charge in [0.25, 0.3) is 11.7 Å². The minimum Gasteiger partial charge on any atom is -0.481 e. The smallest absolute Gasteiger partial charge is 0.410 e. The van der Waals surface area contributed by atoms with Crippen LogP contribution in [-0.4, -0.2) is 46.5 Å². The molecule has 2 aliphatic heterocycles. The first-order chi connectivity index (χ1) is 9.19. The highest BCUT2D eigenvalue weighted by atomic mass is 16.8. The van der Waals surface area contributed by atoms with Crippen LogP contribution in [-0.2, 0) is 19.0 Å². The van der Waals surface area contributed by atoms with E-state index >= 15 is 0 Å². The zero-order valence-corrected chi connectivity index (χ0v) is 11.8. The summed E-state index contributed by atoms with van der Waals surface area (Å²) in [6.07, 6.45) is 1.05. The van der Waals surface area contributed by atoms with Gasteiger partial charge in [0.1, 0.15) is 11.7 Å². The van der Waals surface area contributed by atoms with Crippen molar-refractivity contribution in [2.75, 3.05) is 13.1 Å². The average Bonchev–Trinajstić information content (AvgIpc) is 2.25. The molecule has 2 rings (SSSR count). The van der Waals surface area contributed by atoms with Crippen LogP contribution in [0.2, 0.25) is 0 Å². The molecule has 0 aliphatic carbocycles. The number of ether oxygens (including phenoxy) is 3. The van der Waals surface area contributed by atoms with Crippen LogP contribution in [0.1, 0.15) is 33.6 Å². The molecular formula is C13H19NO6. The standard InChI is InChI=1S/C13H19NO6/c1-12(2,3)20-11(17)14-6-4-13(5-7-14)18-9(15)8-10(16)19-13/h8,15H,4-7H2,1-3H3. The summed E-state index contributed by atoms with van der Waals surface area (Å²) in [6.45, 7) is 6.05. The second-order valence-corrected chi connectivity index (χ2v) is 5.88. The maximum Gasteiger partial charge on any atom is 0.410 e. The van der Waals surface area contributed by atoms with Crippen LogP contribution in [0.25, 0.3) is 0 Å². The summed E-state index contributed by atoms with van der Waals surface area (Å²) in [5.74, 6) is -2.26. The van der Waals surface area contributed by atoms with Crippen LogP contribution < -0.4 is 0 Å². The Morgan fingerprint density at radius 2 is 1.95 bits per heavy atom. The number of piperidine rings is 1. The average molecular weight is 285 g/mol. The van der Waals surface area contributed by atoms with Gasteiger partial charge in [0.2, 0.25) is 0 Å². The Morgan fingerprint density at radius 1 is 1.35 bits per heavy atom. The SMILES string of the molecule is CC(C)(C)OC(=O)N1CCC2(CC1)OC(=O)C=C(O)O2. The Kier molecular flexibility index (Phi) is 3.54. The van der Waals surface area contributed by atoms with E-state index in [0.29, 0.717) is 13.1 Å². The maximum absolute atomic E-state index is 11.9. The van der Waals surface area contributed by atoms with Gasteiger partial charge < -0.3 is 24.2 Å². The fourth-order valence-corrected chi connectivity index (χ4v) is 2.12. The minimum atomic E-state index is -1.17. The molecule has 7 heteroatoms. The lowest BCUT2D eigenvalue weighted by Gasteiger charge is -2.41. The van der Waals surface area contributed by atoms with E-state index in [1.807, 2.05) is 0 Å². The minimum absolute atomic E-state index is 0.288. The summed E-state index contributed by atoms with van der Waals surface area (Å²) in [4.78, 5) is 24.7. The molecule has 1 N–H and O–H groups in total. The topological polar surface area (TPSA) is 85.3 Å². The third-order valence-electron chi connectivity index (χ3n) is 3.00. The number of aliphatic hydroxyl groups is 1. The Hall–Kier alpha value is -1.92. The summed E-state index contributed by atoms with van der Waals surface area (Å²) < 4.78 is 15.6. The predicted molar refractivity (Wildman–Crippen MR) is 67.7 cm³/mol. The molecule has 0 saturated carbocycles. The molecule has 0 aromatic carbocycles. The number of carbonyl (C=O) groups excluding carboxylic acids is 2. The second-order valence-electron chi connectivity index (χ2n) is 5.88. The first-order valence-corrected chi connectivity index (χ1v) is 6.50. The van der Waals surface area contributed by atoms with Crippen LogP contribution in [0, 0.1) is 0 Å². The Labute approximate surface area is 117 Å². The highest BCUT2D eigenvalue weighted by Crippen LogP contribution is 2.33. The third-order valence-corrected chi connectivity index (χ3v) is 3.00. The maximum atomic E-state index is 11.9. The summed E-state index contributed by atoms with van der Waals surface area (Å²) >= 11 is 0. The summed E-state index contributed by atoms with van der Waals surface area (Å²) in [6, 6.07) is 0. The van der Waals surface area contributed by atoms with Gasteiger partial charge in [-0.2, -0.15) is 0 Å². The predicted octanol–water partition coefficient (Wildman–Crippen LogP) is 1.69. The van der Waals surface area contributed by atoms with Gasteiger partial charge in [-0.05, 0) is 20.8 Å². The molecule has 2 heterocycles. The zero-order chi connectivity index (χ0) is 15.0. The van der Waals surface area contributed by atoms with E-state index in [1.54, 1.807) is 20.8 Å². The summed E-state index contributed by atoms with van der Waals surface area (Å²) in [5.41, 5.74) is -0.555. The van der Waals surface area contributed by atoms with E-state index in [0.717, 1.165) is 6.08 Å². The van der Waals surface area contributed by atoms with Gasteiger partial charge in [0.05, 0.1) is 0 Å². The lowest BCUT2D eigenvalue weighted by molar-refractivity contribution is -0.249. The summed E-state index contributed by atoms with van der Waals surface area (Å²) in [5, 5.41) is 9.36. The van der Waals surface area contributed by atoms with Crippen LogP contribution >= 0.6 is 0 Å². The molecule has 0 unspecified atom stereocenters. The first kappa shape index (κ1) is 14.5. The van der Waals surface area contributed by atoms with Crippen molar-refractivity contribution >= 4 is 12.1 Å². The number of hydrogen-bond acceptors (Lipinski definition) is 6. The largest absolute Gasteiger partial charge is 0.481 e. The highest BCUT2D eigenvalue weighted by molar-refractivity contribution is 5.83. The fourth-order valence-electron chi connectivity index (χ4n) is 2.12. The molecule has 0 atom stereocenters. The van der Waals surface area contributed by atoms with Crippen molar-refractivity contribution in [2.45, 2.75) is 45.0 Å². The van der Waals surface area contributed by atoms with Crippen molar-refractivity contribution in [3.05, 3.63) is 12.0 Å². The highest BCUT2D eigenvalue weighted by Gasteiger charge is 2.44. The van der Waals surface area contributed by atoms with Gasteiger partial charge in [-0.3, -0.25) is 0 Å². The number of nitrogens with zero attached hydrogens (tertiary/aromatic N) is 1. The fraction of sp³-hybridized carbons (Fsp3) is 0.692. The van der Waals surface area contributed by atoms with E-state index < -0.39 is 29.4 Å². The molecule has 112 valence electrons. The summed E-state index contributed by atoms with van der Waals surface area (Å²) in [7, 11) is 0. The van der Waals surface area contributed by atoms with Crippen molar-refractivity contribution in [3.63, 3.8) is 0 Å². The molecule has 1 fully saturated rings. The van der Waals surface area contributed by atoms with Crippen LogP contribution in [0.4, 0.5) is 4.79 Å². The second kappa shape index (κ2) is 4.88. The van der Waals surface area contributed by atoms with Gasteiger partial charge in [-0.15, -0.1) is 0 Å². The number of hydrogen-bond donors (Lipinski definition) is 1. The van der Waals surface area contributed by atoms with Crippen molar-refractivity contribution < 1.29 is 28.9 Å². The van der Waals surface area contributed by atoms with Crippen LogP contribution in [0.15, 0.2) is 12.0 Å². The number of esters is 1. The van der Waals surface area contributed by atoms with E-state index in [2.05, 4.69) is 0 Å². The van der Waals surface area contributed by atoms with Gasteiger partial charge in [0, 0.05) is 25.9 Å². The lowest BCUT2D eigenvalue weighted by Crippen LogP contribution is -2.52. The third kappa shape index (κ3) is 3.34. The van der Waals surface area contributed by atoms with Crippen LogP contribution in [0.5, 0.6) is 0 Å². The molecule has 0 aromatic rings. The molecule has 0 bridgehead atoms. The molecule has 1 amide bonds. The first-order valence-electron chi connectivity index (χ1n) is 6.50. The zero-order valence-electron chi connectivity index (χ0n) is 11.8. The number of carbonyl (C=O) groups is 2. The van der Waals surface area contributed by atoms with Crippen molar-refractivity contribution in [1.29, 1.82) is 0 Å². The molecule has 1 spiro atoms. The number of amides is 1. The Balaban J connectivity index is 1.94. The molecule has 20 heavy (non-hydrogen) atoms. The van der Waals surface area contributed by atoms with Gasteiger partial charge in [-0.25, -0.2) is 9.59 Å². The van der Waals surface area contributed by atoms with Crippen molar-refractivity contribution in [1.82, 2.24) is 4.90 Å². The van der Waals surface area contributed by atoms with Gasteiger partial charge >= 0.3 is 12.1 Å². The van der Waals surface area contributed by atoms with Crippen molar-refractivity contribution in [2.24, 2.45) is 0 Å². The van der Waals surface area contributed by atoms with E-state index in [-0.39, 0.29) is 12.8 Å². The molecular weight excluding hydrogens is 266 g/mol. The van der Waals surface area contributed by atoms with E-state index in [9.17, 15) is 14.7 Å². The molecule has 0 aromatic heterocycles. The Bertz CT molecular complexity index is 442. The quantitative estimate of drug-likeness (QED) is 0.682. The van der Waals surface area contributed by atoms with Gasteiger partial charge in [0.15, 0.2) is 0 Å². The molecule has 1 saturated heterocycles. The van der Waals surface area contributed by atoms with E-state index in [1.165, 1.54) is 4.90 Å². The number of likely N-dealkylation sites (tertiary alicyclic amines) is 1. The molecule has 7 nitrogen and oxygen atoms in total. The molecule has 2 aliphatic rings. The number of rotatable bonds is 0. The van der Waals surface area contributed by atoms with Crippen molar-refractivity contribution in [3.8, 4) is 0 Å². The molecule has 0 radical (unpaired) electrons. The lowest BCUT2D eigenvalue weighted by atomic mass is 10.0.